The van der Waals surface area contributed by atoms with Crippen LogP contribution in [-0.2, 0) is 0 Å². The normalized spacial score (nSPS) is 10.4. The number of carbonyl (C=O) groups excluding carboxylic acids is 1. The van der Waals surface area contributed by atoms with Gasteiger partial charge in [-0.2, -0.15) is 0 Å². The molecule has 0 unspecified atom stereocenters. The van der Waals surface area contributed by atoms with Gasteiger partial charge < -0.3 is 10.1 Å². The van der Waals surface area contributed by atoms with Crippen molar-refractivity contribution in [2.24, 2.45) is 0 Å². The number of amides is 1. The van der Waals surface area contributed by atoms with Gasteiger partial charge in [0, 0.05) is 11.8 Å². The van der Waals surface area contributed by atoms with Crippen LogP contribution in [0.4, 0.5) is 11.4 Å². The van der Waals surface area contributed by atoms with Gasteiger partial charge in [-0.1, -0.05) is 49.9 Å². The van der Waals surface area contributed by atoms with Gasteiger partial charge in [0.25, 0.3) is 11.6 Å². The minimum absolute atomic E-state index is 0.0174. The van der Waals surface area contributed by atoms with Crippen molar-refractivity contribution in [2.45, 2.75) is 32.6 Å². The fourth-order valence-electron chi connectivity index (χ4n) is 2.42. The van der Waals surface area contributed by atoms with E-state index >= 15 is 0 Å². The molecular weight excluding hydrogens is 356 g/mol. The van der Waals surface area contributed by atoms with Crippen molar-refractivity contribution < 1.29 is 14.5 Å². The third-order valence-corrected chi connectivity index (χ3v) is 4.11. The first-order valence-corrected chi connectivity index (χ1v) is 8.88. The number of nitrogens with one attached hydrogen (secondary N) is 1. The molecular formula is C19H21ClN2O4. The van der Waals surface area contributed by atoms with Gasteiger partial charge in [-0.15, -0.1) is 0 Å². The summed E-state index contributed by atoms with van der Waals surface area (Å²) in [4.78, 5) is 22.9. The molecule has 0 saturated heterocycles. The van der Waals surface area contributed by atoms with E-state index in [4.69, 9.17) is 16.3 Å². The molecule has 0 saturated carbocycles. The van der Waals surface area contributed by atoms with E-state index in [0.29, 0.717) is 23.6 Å². The fraction of sp³-hybridized carbons (Fsp3) is 0.316. The molecule has 7 heteroatoms. The summed E-state index contributed by atoms with van der Waals surface area (Å²) in [7, 11) is 0. The van der Waals surface area contributed by atoms with E-state index in [1.54, 1.807) is 24.3 Å². The quantitative estimate of drug-likeness (QED) is 0.358. The van der Waals surface area contributed by atoms with Gasteiger partial charge in [0.1, 0.15) is 10.8 Å². The van der Waals surface area contributed by atoms with Gasteiger partial charge in [0.05, 0.1) is 17.1 Å². The third-order valence-electron chi connectivity index (χ3n) is 3.79. The summed E-state index contributed by atoms with van der Waals surface area (Å²) in [5, 5.41) is 13.6. The first-order chi connectivity index (χ1) is 12.5. The Hall–Kier alpha value is -2.60. The Balaban J connectivity index is 2.08. The number of benzene rings is 2. The van der Waals surface area contributed by atoms with Crippen LogP contribution < -0.4 is 10.1 Å². The van der Waals surface area contributed by atoms with Crippen LogP contribution in [0, 0.1) is 10.1 Å². The lowest BCUT2D eigenvalue weighted by Gasteiger charge is -2.12. The molecule has 0 radical (unpaired) electrons. The van der Waals surface area contributed by atoms with Gasteiger partial charge in [0.2, 0.25) is 0 Å². The van der Waals surface area contributed by atoms with E-state index in [2.05, 4.69) is 12.2 Å². The highest BCUT2D eigenvalue weighted by molar-refractivity contribution is 6.32. The lowest BCUT2D eigenvalue weighted by molar-refractivity contribution is -0.384. The van der Waals surface area contributed by atoms with Crippen LogP contribution in [0.15, 0.2) is 42.5 Å². The van der Waals surface area contributed by atoms with Crippen molar-refractivity contribution in [1.82, 2.24) is 0 Å². The number of nitro benzene ring substituents is 1. The number of ether oxygens (including phenoxy) is 1. The van der Waals surface area contributed by atoms with Crippen LogP contribution in [0.1, 0.15) is 43.0 Å². The van der Waals surface area contributed by atoms with Crippen LogP contribution in [0.25, 0.3) is 0 Å². The number of nitro groups is 1. The summed E-state index contributed by atoms with van der Waals surface area (Å²) in [5.41, 5.74) is 0.411. The maximum atomic E-state index is 12.5. The molecule has 0 bridgehead atoms. The number of para-hydroxylation sites is 1. The second kappa shape index (κ2) is 9.77. The molecule has 1 amide bonds. The van der Waals surface area contributed by atoms with Crippen molar-refractivity contribution in [1.29, 1.82) is 0 Å². The van der Waals surface area contributed by atoms with Gasteiger partial charge in [-0.05, 0) is 30.7 Å². The number of hydrogen-bond donors (Lipinski definition) is 1. The van der Waals surface area contributed by atoms with E-state index in [-0.39, 0.29) is 10.7 Å². The van der Waals surface area contributed by atoms with Crippen molar-refractivity contribution in [3.63, 3.8) is 0 Å². The molecule has 0 heterocycles. The second-order valence-corrected chi connectivity index (χ2v) is 6.19. The number of carbonyl (C=O) groups is 1. The lowest BCUT2D eigenvalue weighted by Crippen LogP contribution is -2.14. The number of halogens is 1. The maximum Gasteiger partial charge on any atom is 0.289 e. The first kappa shape index (κ1) is 19.7. The van der Waals surface area contributed by atoms with E-state index in [1.165, 1.54) is 18.2 Å². The molecule has 0 aromatic heterocycles. The zero-order valence-electron chi connectivity index (χ0n) is 14.5. The number of hydrogen-bond acceptors (Lipinski definition) is 4. The number of unbranched alkanes of at least 4 members (excludes halogenated alkanes) is 3. The molecule has 1 N–H and O–H groups in total. The first-order valence-electron chi connectivity index (χ1n) is 8.50. The van der Waals surface area contributed by atoms with Crippen molar-refractivity contribution in [3.8, 4) is 5.75 Å². The molecule has 2 aromatic rings. The summed E-state index contributed by atoms with van der Waals surface area (Å²) >= 11 is 5.79. The SMILES string of the molecule is CCCCCCOc1ccccc1C(=O)Nc1ccc(Cl)c([N+](=O)[O-])c1. The molecule has 2 rings (SSSR count). The molecule has 2 aromatic carbocycles. The number of rotatable bonds is 9. The second-order valence-electron chi connectivity index (χ2n) is 5.78. The Bertz CT molecular complexity index is 780. The molecule has 0 spiro atoms. The summed E-state index contributed by atoms with van der Waals surface area (Å²) in [5.74, 6) is 0.0933. The summed E-state index contributed by atoms with van der Waals surface area (Å²) in [6.45, 7) is 2.68. The molecule has 26 heavy (non-hydrogen) atoms. The van der Waals surface area contributed by atoms with Crippen molar-refractivity contribution in [3.05, 3.63) is 63.2 Å². The largest absolute Gasteiger partial charge is 0.493 e. The molecule has 0 atom stereocenters. The molecule has 0 aliphatic rings. The molecule has 0 aliphatic carbocycles. The zero-order valence-corrected chi connectivity index (χ0v) is 15.3. The Labute approximate surface area is 157 Å². The predicted octanol–water partition coefficient (Wildman–Crippen LogP) is 5.46. The number of anilines is 1. The summed E-state index contributed by atoms with van der Waals surface area (Å²) in [6.07, 6.45) is 4.31. The Morgan fingerprint density at radius 2 is 1.96 bits per heavy atom. The fourth-order valence-corrected chi connectivity index (χ4v) is 2.61. The smallest absolute Gasteiger partial charge is 0.289 e. The molecule has 6 nitrogen and oxygen atoms in total. The van der Waals surface area contributed by atoms with Gasteiger partial charge in [-0.25, -0.2) is 0 Å². The summed E-state index contributed by atoms with van der Waals surface area (Å²) < 4.78 is 5.73. The van der Waals surface area contributed by atoms with Crippen LogP contribution >= 0.6 is 11.6 Å². The number of nitrogens with zero attached hydrogens (tertiary/aromatic N) is 1. The minimum atomic E-state index is -0.592. The lowest BCUT2D eigenvalue weighted by atomic mass is 10.1. The van der Waals surface area contributed by atoms with E-state index in [9.17, 15) is 14.9 Å². The molecule has 0 fully saturated rings. The van der Waals surface area contributed by atoms with Gasteiger partial charge >= 0.3 is 0 Å². The monoisotopic (exact) mass is 376 g/mol. The average molecular weight is 377 g/mol. The Morgan fingerprint density at radius 1 is 1.19 bits per heavy atom. The van der Waals surface area contributed by atoms with Gasteiger partial charge in [-0.3, -0.25) is 14.9 Å². The van der Waals surface area contributed by atoms with Gasteiger partial charge in [0.15, 0.2) is 0 Å². The maximum absolute atomic E-state index is 12.5. The topological polar surface area (TPSA) is 81.5 Å². The highest BCUT2D eigenvalue weighted by Crippen LogP contribution is 2.28. The average Bonchev–Trinajstić information content (AvgIpc) is 2.63. The van der Waals surface area contributed by atoms with Crippen LogP contribution in [0.2, 0.25) is 5.02 Å². The van der Waals surface area contributed by atoms with Crippen LogP contribution in [0.3, 0.4) is 0 Å². The van der Waals surface area contributed by atoms with Crippen LogP contribution in [-0.4, -0.2) is 17.4 Å². The third kappa shape index (κ3) is 5.46. The minimum Gasteiger partial charge on any atom is -0.493 e. The van der Waals surface area contributed by atoms with E-state index in [0.717, 1.165) is 25.7 Å². The Kier molecular flexibility index (Phi) is 7.41. The zero-order chi connectivity index (χ0) is 18.9. The highest BCUT2D eigenvalue weighted by atomic mass is 35.5. The Morgan fingerprint density at radius 3 is 2.69 bits per heavy atom. The predicted molar refractivity (Wildman–Crippen MR) is 102 cm³/mol. The summed E-state index contributed by atoms with van der Waals surface area (Å²) in [6, 6.07) is 11.1. The standard InChI is InChI=1S/C19H21ClN2O4/c1-2-3-4-7-12-26-18-9-6-5-8-15(18)19(23)21-14-10-11-16(20)17(13-14)22(24)25/h5-6,8-11,13H,2-4,7,12H2,1H3,(H,21,23). The molecule has 138 valence electrons. The van der Waals surface area contributed by atoms with E-state index < -0.39 is 10.8 Å². The van der Waals surface area contributed by atoms with Crippen molar-refractivity contribution >= 4 is 28.9 Å². The van der Waals surface area contributed by atoms with Crippen LogP contribution in [0.5, 0.6) is 5.75 Å². The highest BCUT2D eigenvalue weighted by Gasteiger charge is 2.16. The molecule has 0 aliphatic heterocycles. The van der Waals surface area contributed by atoms with E-state index in [1.807, 2.05) is 0 Å². The van der Waals surface area contributed by atoms with Crippen molar-refractivity contribution in [2.75, 3.05) is 11.9 Å².